The summed E-state index contributed by atoms with van der Waals surface area (Å²) in [6, 6.07) is 4.06. The average Bonchev–Trinajstić information content (AvgIpc) is 3.40. The second-order valence-electron chi connectivity index (χ2n) is 7.04. The van der Waals surface area contributed by atoms with Crippen molar-refractivity contribution in [2.24, 2.45) is 0 Å². The molecule has 2 aromatic heterocycles. The molecule has 3 rings (SSSR count). The van der Waals surface area contributed by atoms with Crippen molar-refractivity contribution in [3.63, 3.8) is 0 Å². The molecule has 0 unspecified atom stereocenters. The smallest absolute Gasteiger partial charge is 0.402 e. The number of anilines is 1. The van der Waals surface area contributed by atoms with Gasteiger partial charge in [-0.1, -0.05) is 32.9 Å². The number of nitrogens with two attached hydrogens (primary N) is 1. The van der Waals surface area contributed by atoms with Gasteiger partial charge in [-0.25, -0.2) is 9.37 Å². The SMILES string of the molecule is CC.C\C=C(F)/C(=C\C(=C\CC)C(F)(F)F)c1cc2n(n1)CCC2.Nc1ncccc1OC(F)(F)F. The molecule has 0 spiro atoms. The minimum absolute atomic E-state index is 0.124. The number of fused-ring (bicyclic) bond motifs is 1. The molecule has 0 saturated carbocycles. The summed E-state index contributed by atoms with van der Waals surface area (Å²) in [7, 11) is 0. The van der Waals surface area contributed by atoms with E-state index in [0.717, 1.165) is 49.4 Å². The molecule has 0 aliphatic carbocycles. The second-order valence-corrected chi connectivity index (χ2v) is 7.04. The Labute approximate surface area is 205 Å². The molecule has 0 amide bonds. The number of aromatic nitrogens is 3. The highest BCUT2D eigenvalue weighted by molar-refractivity contribution is 5.77. The molecule has 1 aliphatic heterocycles. The molecule has 2 aromatic rings. The summed E-state index contributed by atoms with van der Waals surface area (Å²) in [5, 5.41) is 4.23. The molecule has 36 heavy (non-hydrogen) atoms. The molecule has 0 bridgehead atoms. The van der Waals surface area contributed by atoms with E-state index < -0.39 is 29.7 Å². The topological polar surface area (TPSA) is 66.0 Å². The maximum absolute atomic E-state index is 14.1. The van der Waals surface area contributed by atoms with Gasteiger partial charge in [-0.15, -0.1) is 13.2 Å². The Morgan fingerprint density at radius 1 is 1.19 bits per heavy atom. The van der Waals surface area contributed by atoms with Gasteiger partial charge in [0.1, 0.15) is 5.83 Å². The van der Waals surface area contributed by atoms with Crippen molar-refractivity contribution in [1.29, 1.82) is 0 Å². The number of pyridine rings is 1. The highest BCUT2D eigenvalue weighted by Crippen LogP contribution is 2.33. The van der Waals surface area contributed by atoms with Crippen LogP contribution in [0.4, 0.5) is 36.6 Å². The van der Waals surface area contributed by atoms with Crippen LogP contribution in [-0.2, 0) is 13.0 Å². The molecule has 0 fully saturated rings. The van der Waals surface area contributed by atoms with Crippen LogP contribution >= 0.6 is 0 Å². The van der Waals surface area contributed by atoms with Crippen LogP contribution in [0.3, 0.4) is 0 Å². The number of nitrogens with zero attached hydrogens (tertiary/aromatic N) is 3. The molecule has 3 heterocycles. The van der Waals surface area contributed by atoms with Crippen molar-refractivity contribution in [2.45, 2.75) is 66.0 Å². The van der Waals surface area contributed by atoms with Gasteiger partial charge in [-0.3, -0.25) is 4.68 Å². The standard InChI is InChI=1S/C16H18F4N2.C6H5F3N2O.C2H6/c1-3-6-11(16(18,19)20)9-13(14(17)4-2)15-10-12-7-5-8-22(12)21-15;7-6(8,9)12-4-2-1-3-11-5(4)10;1-2/h4,6,9-10H,3,5,7-8H2,1-2H3;1-3H,(H2,10,11);1-2H3/b11-6-,13-9+,14-4+;;. The highest BCUT2D eigenvalue weighted by atomic mass is 19.4. The quantitative estimate of drug-likeness (QED) is 0.325. The summed E-state index contributed by atoms with van der Waals surface area (Å²) >= 11 is 0. The van der Waals surface area contributed by atoms with E-state index in [4.69, 9.17) is 5.73 Å². The lowest BCUT2D eigenvalue weighted by molar-refractivity contribution is -0.274. The van der Waals surface area contributed by atoms with Gasteiger partial charge in [-0.2, -0.15) is 18.3 Å². The fraction of sp³-hybridized carbons (Fsp3) is 0.417. The predicted molar refractivity (Wildman–Crippen MR) is 124 cm³/mol. The monoisotopic (exact) mass is 522 g/mol. The van der Waals surface area contributed by atoms with E-state index in [0.29, 0.717) is 0 Å². The summed E-state index contributed by atoms with van der Waals surface area (Å²) in [5.74, 6) is -1.47. The van der Waals surface area contributed by atoms with Gasteiger partial charge in [0.05, 0.1) is 11.3 Å². The summed E-state index contributed by atoms with van der Waals surface area (Å²) in [6.45, 7) is 7.77. The van der Waals surface area contributed by atoms with Gasteiger partial charge in [0, 0.05) is 24.0 Å². The molecule has 1 aliphatic rings. The molecule has 0 aromatic carbocycles. The zero-order valence-corrected chi connectivity index (χ0v) is 20.3. The second kappa shape index (κ2) is 13.7. The Balaban J connectivity index is 0.000000391. The first kappa shape index (κ1) is 30.7. The average molecular weight is 523 g/mol. The fourth-order valence-corrected chi connectivity index (χ4v) is 3.06. The summed E-state index contributed by atoms with van der Waals surface area (Å²) in [4.78, 5) is 3.42. The van der Waals surface area contributed by atoms with Gasteiger partial charge in [0.2, 0.25) is 0 Å². The normalized spacial score (nSPS) is 14.4. The van der Waals surface area contributed by atoms with E-state index in [1.165, 1.54) is 19.2 Å². The van der Waals surface area contributed by atoms with Gasteiger partial charge in [0.25, 0.3) is 0 Å². The number of hydrogen-bond acceptors (Lipinski definition) is 4. The van der Waals surface area contributed by atoms with Crippen molar-refractivity contribution in [3.8, 4) is 5.75 Å². The van der Waals surface area contributed by atoms with Crippen LogP contribution in [0.15, 0.2) is 54.0 Å². The first-order valence-corrected chi connectivity index (χ1v) is 11.2. The number of alkyl halides is 6. The van der Waals surface area contributed by atoms with Crippen LogP contribution in [0.1, 0.15) is 51.9 Å². The molecule has 2 N–H and O–H groups in total. The number of aryl methyl sites for hydroxylation is 2. The maximum atomic E-state index is 14.1. The zero-order valence-electron chi connectivity index (χ0n) is 20.3. The van der Waals surface area contributed by atoms with Gasteiger partial charge in [-0.05, 0) is 50.5 Å². The maximum Gasteiger partial charge on any atom is 0.573 e. The van der Waals surface area contributed by atoms with E-state index in [2.05, 4.69) is 14.8 Å². The molecule has 0 saturated heterocycles. The molecule has 5 nitrogen and oxygen atoms in total. The van der Waals surface area contributed by atoms with E-state index in [1.54, 1.807) is 17.7 Å². The lowest BCUT2D eigenvalue weighted by Crippen LogP contribution is -2.18. The summed E-state index contributed by atoms with van der Waals surface area (Å²) < 4.78 is 93.3. The van der Waals surface area contributed by atoms with Gasteiger partial charge < -0.3 is 10.5 Å². The fourth-order valence-electron chi connectivity index (χ4n) is 3.06. The third kappa shape index (κ3) is 9.38. The number of ether oxygens (including phenoxy) is 1. The molecular weight excluding hydrogens is 493 g/mol. The van der Waals surface area contributed by atoms with E-state index in [1.807, 2.05) is 13.8 Å². The lowest BCUT2D eigenvalue weighted by atomic mass is 10.0. The largest absolute Gasteiger partial charge is 0.573 e. The minimum Gasteiger partial charge on any atom is -0.402 e. The van der Waals surface area contributed by atoms with Crippen molar-refractivity contribution >= 4 is 11.4 Å². The van der Waals surface area contributed by atoms with Crippen molar-refractivity contribution < 1.29 is 35.5 Å². The highest BCUT2D eigenvalue weighted by Gasteiger charge is 2.33. The Morgan fingerprint density at radius 3 is 2.36 bits per heavy atom. The van der Waals surface area contributed by atoms with Crippen molar-refractivity contribution in [1.82, 2.24) is 14.8 Å². The molecule has 12 heteroatoms. The van der Waals surface area contributed by atoms with Crippen LogP contribution in [0.2, 0.25) is 0 Å². The number of halogens is 7. The third-order valence-electron chi connectivity index (χ3n) is 4.53. The van der Waals surface area contributed by atoms with Gasteiger partial charge >= 0.3 is 12.5 Å². The molecule has 0 radical (unpaired) electrons. The van der Waals surface area contributed by atoms with E-state index in [-0.39, 0.29) is 23.5 Å². The number of hydrogen-bond donors (Lipinski definition) is 1. The minimum atomic E-state index is -4.73. The van der Waals surface area contributed by atoms with Crippen LogP contribution in [-0.4, -0.2) is 27.3 Å². The molecule has 200 valence electrons. The lowest BCUT2D eigenvalue weighted by Gasteiger charge is -2.10. The third-order valence-corrected chi connectivity index (χ3v) is 4.53. The number of allylic oxidation sites excluding steroid dienone is 6. The Morgan fingerprint density at radius 2 is 1.86 bits per heavy atom. The first-order valence-electron chi connectivity index (χ1n) is 11.2. The molecule has 0 atom stereocenters. The van der Waals surface area contributed by atoms with Gasteiger partial charge in [0.15, 0.2) is 11.6 Å². The van der Waals surface area contributed by atoms with Crippen LogP contribution < -0.4 is 10.5 Å². The zero-order chi connectivity index (χ0) is 27.5. The summed E-state index contributed by atoms with van der Waals surface area (Å²) in [5.41, 5.74) is 5.29. The Hall–Kier alpha value is -3.31. The predicted octanol–water partition coefficient (Wildman–Crippen LogP) is 7.57. The number of rotatable bonds is 5. The van der Waals surface area contributed by atoms with E-state index in [9.17, 15) is 30.7 Å². The van der Waals surface area contributed by atoms with E-state index >= 15 is 0 Å². The van der Waals surface area contributed by atoms with Crippen LogP contribution in [0.25, 0.3) is 5.57 Å². The van der Waals surface area contributed by atoms with Crippen LogP contribution in [0.5, 0.6) is 5.75 Å². The Bertz CT molecular complexity index is 1050. The number of nitrogen functional groups attached to an aromatic ring is 1. The summed E-state index contributed by atoms with van der Waals surface area (Å²) in [6.07, 6.45) is -2.94. The Kier molecular flexibility index (Phi) is 11.7. The van der Waals surface area contributed by atoms with Crippen molar-refractivity contribution in [3.05, 3.63) is 65.4 Å². The van der Waals surface area contributed by atoms with Crippen LogP contribution in [0, 0.1) is 0 Å². The molecular formula is C24H29F7N4O. The van der Waals surface area contributed by atoms with Crippen molar-refractivity contribution in [2.75, 3.05) is 5.73 Å². The first-order chi connectivity index (χ1) is 16.9.